The van der Waals surface area contributed by atoms with Crippen molar-refractivity contribution in [3.8, 4) is 0 Å². The molecule has 0 spiro atoms. The van der Waals surface area contributed by atoms with Gasteiger partial charge in [0.25, 0.3) is 0 Å². The molecule has 0 bridgehead atoms. The molecule has 84 valence electrons. The Morgan fingerprint density at radius 1 is 1.80 bits per heavy atom. The molecule has 1 aromatic heterocycles. The quantitative estimate of drug-likeness (QED) is 0.621. The summed E-state index contributed by atoms with van der Waals surface area (Å²) in [5.74, 6) is -0.00685. The highest BCUT2D eigenvalue weighted by molar-refractivity contribution is 5.79. The standard InChI is InChI=1S/C8H14N4O3/c1-3-15-8(14)6(5-13)12(2)7-4-9-11-10-7/h4,6,13H,3,5H2,1-2H3,(H,9,10,11)/t6-/m1/s1. The summed E-state index contributed by atoms with van der Waals surface area (Å²) in [5.41, 5.74) is 0. The molecule has 0 aliphatic rings. The van der Waals surface area contributed by atoms with Crippen LogP contribution in [0.15, 0.2) is 6.20 Å². The summed E-state index contributed by atoms with van der Waals surface area (Å²) in [7, 11) is 1.63. The Morgan fingerprint density at radius 2 is 2.53 bits per heavy atom. The van der Waals surface area contributed by atoms with Crippen LogP contribution in [-0.4, -0.2) is 52.8 Å². The summed E-state index contributed by atoms with van der Waals surface area (Å²) in [6, 6.07) is -0.755. The van der Waals surface area contributed by atoms with Crippen LogP contribution in [-0.2, 0) is 9.53 Å². The summed E-state index contributed by atoms with van der Waals surface area (Å²) in [5, 5.41) is 18.9. The van der Waals surface area contributed by atoms with Crippen LogP contribution in [0.3, 0.4) is 0 Å². The van der Waals surface area contributed by atoms with E-state index >= 15 is 0 Å². The second kappa shape index (κ2) is 5.30. The molecule has 7 nitrogen and oxygen atoms in total. The van der Waals surface area contributed by atoms with E-state index in [4.69, 9.17) is 9.84 Å². The first-order valence-corrected chi connectivity index (χ1v) is 4.56. The van der Waals surface area contributed by atoms with E-state index in [9.17, 15) is 4.79 Å². The van der Waals surface area contributed by atoms with Gasteiger partial charge in [0.1, 0.15) is 0 Å². The number of carbonyl (C=O) groups is 1. The molecule has 0 fully saturated rings. The topological polar surface area (TPSA) is 91.3 Å². The van der Waals surface area contributed by atoms with Gasteiger partial charge in [-0.15, -0.1) is 5.10 Å². The van der Waals surface area contributed by atoms with Crippen LogP contribution in [0, 0.1) is 0 Å². The monoisotopic (exact) mass is 214 g/mol. The highest BCUT2D eigenvalue weighted by Gasteiger charge is 2.25. The maximum Gasteiger partial charge on any atom is 0.331 e. The summed E-state index contributed by atoms with van der Waals surface area (Å²) < 4.78 is 4.82. The van der Waals surface area contributed by atoms with E-state index in [1.54, 1.807) is 14.0 Å². The van der Waals surface area contributed by atoms with Crippen molar-refractivity contribution >= 4 is 11.8 Å². The molecular weight excluding hydrogens is 200 g/mol. The Morgan fingerprint density at radius 3 is 3.00 bits per heavy atom. The first kappa shape index (κ1) is 11.4. The normalized spacial score (nSPS) is 12.2. The van der Waals surface area contributed by atoms with Gasteiger partial charge in [-0.3, -0.25) is 0 Å². The number of ether oxygens (including phenoxy) is 1. The second-order valence-electron chi connectivity index (χ2n) is 2.89. The molecular formula is C8H14N4O3. The maximum absolute atomic E-state index is 11.4. The minimum Gasteiger partial charge on any atom is -0.464 e. The highest BCUT2D eigenvalue weighted by Crippen LogP contribution is 2.09. The van der Waals surface area contributed by atoms with Gasteiger partial charge in [0.05, 0.1) is 19.4 Å². The van der Waals surface area contributed by atoms with Crippen molar-refractivity contribution < 1.29 is 14.6 Å². The molecule has 0 radical (unpaired) electrons. The predicted molar refractivity (Wildman–Crippen MR) is 52.3 cm³/mol. The van der Waals surface area contributed by atoms with Gasteiger partial charge < -0.3 is 14.7 Å². The fourth-order valence-corrected chi connectivity index (χ4v) is 1.12. The lowest BCUT2D eigenvalue weighted by atomic mass is 10.3. The fraction of sp³-hybridized carbons (Fsp3) is 0.625. The van der Waals surface area contributed by atoms with Crippen molar-refractivity contribution in [2.45, 2.75) is 13.0 Å². The van der Waals surface area contributed by atoms with E-state index in [1.807, 2.05) is 0 Å². The van der Waals surface area contributed by atoms with Crippen molar-refractivity contribution in [2.24, 2.45) is 0 Å². The van der Waals surface area contributed by atoms with E-state index in [-0.39, 0.29) is 13.2 Å². The zero-order valence-electron chi connectivity index (χ0n) is 8.67. The van der Waals surface area contributed by atoms with Crippen LogP contribution in [0.2, 0.25) is 0 Å². The number of rotatable bonds is 5. The number of hydrogen-bond donors (Lipinski definition) is 2. The molecule has 0 amide bonds. The Labute approximate surface area is 87.0 Å². The summed E-state index contributed by atoms with van der Waals surface area (Å²) in [6.07, 6.45) is 1.46. The lowest BCUT2D eigenvalue weighted by molar-refractivity contribution is -0.145. The van der Waals surface area contributed by atoms with Crippen LogP contribution in [0.1, 0.15) is 6.92 Å². The Bertz CT molecular complexity index is 301. The highest BCUT2D eigenvalue weighted by atomic mass is 16.5. The van der Waals surface area contributed by atoms with Crippen molar-refractivity contribution in [3.05, 3.63) is 6.20 Å². The van der Waals surface area contributed by atoms with Crippen molar-refractivity contribution in [3.63, 3.8) is 0 Å². The third-order valence-corrected chi connectivity index (χ3v) is 1.96. The van der Waals surface area contributed by atoms with E-state index in [0.29, 0.717) is 5.82 Å². The van der Waals surface area contributed by atoms with E-state index < -0.39 is 12.0 Å². The van der Waals surface area contributed by atoms with Crippen LogP contribution < -0.4 is 4.90 Å². The number of anilines is 1. The summed E-state index contributed by atoms with van der Waals surface area (Å²) in [6.45, 7) is 1.66. The third-order valence-electron chi connectivity index (χ3n) is 1.96. The number of H-pyrrole nitrogens is 1. The van der Waals surface area contributed by atoms with Gasteiger partial charge >= 0.3 is 5.97 Å². The average molecular weight is 214 g/mol. The number of likely N-dealkylation sites (N-methyl/N-ethyl adjacent to an activating group) is 1. The zero-order chi connectivity index (χ0) is 11.3. The molecule has 0 saturated carbocycles. The fourth-order valence-electron chi connectivity index (χ4n) is 1.12. The Balaban J connectivity index is 2.70. The second-order valence-corrected chi connectivity index (χ2v) is 2.89. The largest absolute Gasteiger partial charge is 0.464 e. The lowest BCUT2D eigenvalue weighted by Crippen LogP contribution is -2.42. The molecule has 1 heterocycles. The smallest absolute Gasteiger partial charge is 0.331 e. The number of carbonyl (C=O) groups excluding carboxylic acids is 1. The van der Waals surface area contributed by atoms with Gasteiger partial charge in [0.2, 0.25) is 0 Å². The number of aromatic amines is 1. The number of nitrogens with zero attached hydrogens (tertiary/aromatic N) is 3. The first-order chi connectivity index (χ1) is 7.20. The van der Waals surface area contributed by atoms with Crippen LogP contribution >= 0.6 is 0 Å². The van der Waals surface area contributed by atoms with Gasteiger partial charge in [0.15, 0.2) is 11.9 Å². The number of aromatic nitrogens is 3. The van der Waals surface area contributed by atoms with Gasteiger partial charge in [-0.2, -0.15) is 10.3 Å². The third kappa shape index (κ3) is 2.66. The van der Waals surface area contributed by atoms with E-state index in [0.717, 1.165) is 0 Å². The van der Waals surface area contributed by atoms with Gasteiger partial charge in [0, 0.05) is 7.05 Å². The molecule has 7 heteroatoms. The molecule has 0 aromatic carbocycles. The molecule has 0 saturated heterocycles. The first-order valence-electron chi connectivity index (χ1n) is 4.56. The van der Waals surface area contributed by atoms with Gasteiger partial charge in [-0.1, -0.05) is 0 Å². The van der Waals surface area contributed by atoms with Crippen molar-refractivity contribution in [1.82, 2.24) is 15.4 Å². The molecule has 2 N–H and O–H groups in total. The minimum absolute atomic E-state index is 0.280. The number of esters is 1. The molecule has 0 aliphatic heterocycles. The van der Waals surface area contributed by atoms with Crippen LogP contribution in [0.5, 0.6) is 0 Å². The number of aliphatic hydroxyl groups excluding tert-OH is 1. The van der Waals surface area contributed by atoms with Gasteiger partial charge in [-0.05, 0) is 6.92 Å². The molecule has 15 heavy (non-hydrogen) atoms. The minimum atomic E-state index is -0.755. The Hall–Kier alpha value is -1.63. The van der Waals surface area contributed by atoms with E-state index in [2.05, 4.69) is 15.4 Å². The van der Waals surface area contributed by atoms with Gasteiger partial charge in [-0.25, -0.2) is 4.79 Å². The molecule has 1 atom stereocenters. The molecule has 1 aromatic rings. The van der Waals surface area contributed by atoms with Crippen LogP contribution in [0.25, 0.3) is 0 Å². The molecule has 1 rings (SSSR count). The van der Waals surface area contributed by atoms with Crippen molar-refractivity contribution in [1.29, 1.82) is 0 Å². The number of hydrogen-bond acceptors (Lipinski definition) is 6. The zero-order valence-corrected chi connectivity index (χ0v) is 8.67. The Kier molecular flexibility index (Phi) is 4.04. The lowest BCUT2D eigenvalue weighted by Gasteiger charge is -2.23. The number of aliphatic hydroxyl groups is 1. The van der Waals surface area contributed by atoms with E-state index in [1.165, 1.54) is 11.1 Å². The summed E-state index contributed by atoms with van der Waals surface area (Å²) in [4.78, 5) is 12.9. The summed E-state index contributed by atoms with van der Waals surface area (Å²) >= 11 is 0. The maximum atomic E-state index is 11.4. The SMILES string of the molecule is CCOC(=O)[C@@H](CO)N(C)c1cn[nH]n1. The molecule has 0 aliphatic carbocycles. The number of nitrogens with one attached hydrogen (secondary N) is 1. The van der Waals surface area contributed by atoms with Crippen LogP contribution in [0.4, 0.5) is 5.82 Å². The van der Waals surface area contributed by atoms with Crippen molar-refractivity contribution in [2.75, 3.05) is 25.2 Å². The average Bonchev–Trinajstić information content (AvgIpc) is 2.71. The molecule has 0 unspecified atom stereocenters. The predicted octanol–water partition coefficient (Wildman–Crippen LogP) is -0.835.